The number of methoxy groups -OCH3 is 1. The number of anilines is 6. The lowest BCUT2D eigenvalue weighted by Crippen LogP contribution is -2.68. The van der Waals surface area contributed by atoms with Gasteiger partial charge in [0.25, 0.3) is 5.92 Å². The van der Waals surface area contributed by atoms with Crippen molar-refractivity contribution >= 4 is 56.9 Å². The molecule has 12 aliphatic heterocycles. The number of rotatable bonds is 16. The van der Waals surface area contributed by atoms with Gasteiger partial charge in [-0.15, -0.1) is 0 Å². The number of fused-ring (bicyclic) bond motifs is 10. The number of ether oxygens (including phenoxy) is 1. The van der Waals surface area contributed by atoms with E-state index in [0.29, 0.717) is 102 Å². The molecule has 12 saturated heterocycles. The topological polar surface area (TPSA) is 279 Å². The van der Waals surface area contributed by atoms with E-state index in [9.17, 15) is 52.3 Å². The van der Waals surface area contributed by atoms with Crippen molar-refractivity contribution in [1.29, 1.82) is 15.8 Å². The number of aliphatic hydroxyl groups excluding tert-OH is 1. The van der Waals surface area contributed by atoms with E-state index < -0.39 is 23.4 Å². The van der Waals surface area contributed by atoms with Crippen molar-refractivity contribution in [2.24, 2.45) is 0 Å². The summed E-state index contributed by atoms with van der Waals surface area (Å²) in [4.78, 5) is 47.1. The molecule has 2 N–H and O–H groups in total. The highest BCUT2D eigenvalue weighted by Crippen LogP contribution is 2.44. The van der Waals surface area contributed by atoms with Crippen LogP contribution in [0.2, 0.25) is 0 Å². The Kier molecular flexibility index (Phi) is 20.0. The van der Waals surface area contributed by atoms with Gasteiger partial charge in [0.1, 0.15) is 47.2 Å². The largest absolute Gasteiger partial charge is 0.481 e. The summed E-state index contributed by atoms with van der Waals surface area (Å²) in [5.41, 5.74) is 14.1. The zero-order chi connectivity index (χ0) is 84.3. The molecule has 13 aliphatic rings. The molecule has 24 heterocycles. The van der Waals surface area contributed by atoms with Crippen molar-refractivity contribution in [2.45, 2.75) is 132 Å². The maximum Gasteiger partial charge on any atom is 0.433 e. The quantitative estimate of drug-likeness (QED) is 0.0850. The second-order valence-electron chi connectivity index (χ2n) is 34.2. The average Bonchev–Trinajstić information content (AvgIpc) is 1.68. The Labute approximate surface area is 703 Å². The third-order valence-electron chi connectivity index (χ3n) is 26.2. The Morgan fingerprint density at radius 3 is 1.29 bits per heavy atom. The predicted molar refractivity (Wildman–Crippen MR) is 448 cm³/mol. The lowest BCUT2D eigenvalue weighted by Gasteiger charge is -2.56. The minimum absolute atomic E-state index is 0.154. The minimum Gasteiger partial charge on any atom is -0.481 e. The summed E-state index contributed by atoms with van der Waals surface area (Å²) in [5.74, 6) is 0.448. The van der Waals surface area contributed by atoms with Crippen LogP contribution in [0.5, 0.6) is 5.88 Å². The molecule has 12 aromatic heterocycles. The number of β-amino-alcohol motifs (C(OH)–C–C–N with tert-alkyl or cyclic N) is 2. The molecule has 25 rings (SSSR count). The number of nitriles is 3. The van der Waals surface area contributed by atoms with Gasteiger partial charge in [-0.2, -0.15) is 44.3 Å². The summed E-state index contributed by atoms with van der Waals surface area (Å²) in [7, 11) is 1.64. The number of allylic oxidation sites excluding steroid dienone is 1. The molecule has 0 aromatic carbocycles. The highest BCUT2D eigenvalue weighted by molar-refractivity contribution is 5.89. The van der Waals surface area contributed by atoms with Gasteiger partial charge in [0, 0.05) is 223 Å². The number of halogens is 6. The van der Waals surface area contributed by atoms with E-state index in [1.807, 2.05) is 74.4 Å². The molecule has 0 radical (unpaired) electrons. The smallest absolute Gasteiger partial charge is 0.433 e. The number of nitrogens with zero attached hydrogens (tertiary/aromatic N) is 24. The number of piperazine rings is 3. The highest BCUT2D eigenvalue weighted by atomic mass is 19.4. The number of aliphatic hydroxyl groups is 2. The van der Waals surface area contributed by atoms with Crippen molar-refractivity contribution in [1.82, 2.24) is 73.4 Å². The van der Waals surface area contributed by atoms with Gasteiger partial charge in [-0.05, 0) is 129 Å². The van der Waals surface area contributed by atoms with Crippen LogP contribution < -0.4 is 34.1 Å². The molecule has 6 bridgehead atoms. The first-order chi connectivity index (χ1) is 59.5. The van der Waals surface area contributed by atoms with Crippen molar-refractivity contribution in [3.63, 3.8) is 0 Å². The molecule has 12 aromatic rings. The van der Waals surface area contributed by atoms with Crippen LogP contribution in [-0.4, -0.2) is 223 Å². The summed E-state index contributed by atoms with van der Waals surface area (Å²) in [5, 5.41) is 62.9. The fourth-order valence-corrected chi connectivity index (χ4v) is 19.7. The molecule has 27 nitrogen and oxygen atoms in total. The summed E-state index contributed by atoms with van der Waals surface area (Å²) >= 11 is 0. The summed E-state index contributed by atoms with van der Waals surface area (Å²) in [6, 6.07) is 35.7. The van der Waals surface area contributed by atoms with Crippen LogP contribution in [0, 0.1) is 34.0 Å². The fourth-order valence-electron chi connectivity index (χ4n) is 19.7. The first kappa shape index (κ1) is 78.7. The summed E-state index contributed by atoms with van der Waals surface area (Å²) < 4.78 is 90.8. The molecule has 8 atom stereocenters. The number of hydrogen-bond acceptors (Lipinski definition) is 24. The van der Waals surface area contributed by atoms with Crippen LogP contribution in [0.15, 0.2) is 165 Å². The fraction of sp³-hybridized carbons (Fsp3) is 0.378. The standard InChI is InChI=1S/C31H29FN8O.C30H32N8O2.C29H25F5N8/c32-28-2-3-29-27(28)7-19(11-34-29)14-39-23-8-24(39)16-38(15-23)30-4-1-20(12-35-30)26-9-22(37-6-5-25(41)18-37)17-40-31(26)21(10-33)13-36-40;1-30(39)7-8-35(19-30)23-10-26(29-22(11-31)14-34-38(29)18-23)21-4-5-27(32-13-21)36-16-24-9-25(17-36)37(24)15-20-3-6-28(40-2)33-12-20;30-28(31)5-6-39(17-28)21-8-24(27-20(9-35)12-38-42(27)16-21)19-2-4-26(37-11-19)40-14-22-7-23(15-40)41(22)13-18-1-3-25(36-10-18)29(32,33)34/h1-2,4,7,9,11-13,17,23-25,41H,3,5-6,8,14-16,18H2;3-6,10,12-14,18,24-25,39H,7-9,15-17,19H2,1-2H3;1-4,8,10-12,16,22-23H,5-7,13-15,17H2. The van der Waals surface area contributed by atoms with Crippen LogP contribution in [0.25, 0.3) is 55.8 Å². The molecule has 12 fully saturated rings. The second kappa shape index (κ2) is 31.2. The SMILES string of the molecule is COc1ccc(CN2C3CC2CN(c2ccc(-c4cc(N5CCC(C)(O)C5)cn5ncc(C#N)c45)cn2)C3)cn1.N#Cc1cnn2cc(N3CCC(F)(F)C3)cc(-c3ccc(N4CC5CC(C4)N5Cc4ccc(C(F)(F)F)nc4)nc3)c12.N#Cc1cnn2cc(N3CCC(O)C3)cc(-c3ccc(N4CC5CC(C4)N5Cc4cnc5c(c4)C(F)=CC5)nc3)c12. The zero-order valence-corrected chi connectivity index (χ0v) is 67.5. The molecule has 1 aliphatic carbocycles. The molecule has 8 unspecified atom stereocenters. The monoisotopic (exact) mass is 1660 g/mol. The van der Waals surface area contributed by atoms with Gasteiger partial charge in [0.2, 0.25) is 5.88 Å². The molecular formula is C90H86F6N24O3. The lowest BCUT2D eigenvalue weighted by atomic mass is 9.86. The van der Waals surface area contributed by atoms with Crippen LogP contribution in [0.1, 0.15) is 95.8 Å². The molecule has 0 saturated carbocycles. The van der Waals surface area contributed by atoms with Gasteiger partial charge in [0.15, 0.2) is 0 Å². The highest BCUT2D eigenvalue weighted by Gasteiger charge is 2.48. The van der Waals surface area contributed by atoms with Gasteiger partial charge in [-0.3, -0.25) is 24.7 Å². The normalized spacial score (nSPS) is 23.2. The van der Waals surface area contributed by atoms with Gasteiger partial charge in [0.05, 0.1) is 119 Å². The first-order valence-electron chi connectivity index (χ1n) is 41.6. The van der Waals surface area contributed by atoms with E-state index in [0.717, 1.165) is 175 Å². The van der Waals surface area contributed by atoms with Crippen LogP contribution in [0.3, 0.4) is 0 Å². The van der Waals surface area contributed by atoms with Crippen LogP contribution in [0.4, 0.5) is 60.9 Å². The van der Waals surface area contributed by atoms with Gasteiger partial charge < -0.3 is 44.3 Å². The molecule has 0 amide bonds. The molecule has 626 valence electrons. The van der Waals surface area contributed by atoms with Gasteiger partial charge in [-0.25, -0.2) is 46.7 Å². The summed E-state index contributed by atoms with van der Waals surface area (Å²) in [6.45, 7) is 11.8. The minimum atomic E-state index is -4.45. The van der Waals surface area contributed by atoms with Crippen molar-refractivity contribution in [2.75, 3.05) is 115 Å². The third-order valence-corrected chi connectivity index (χ3v) is 26.2. The van der Waals surface area contributed by atoms with Crippen molar-refractivity contribution < 1.29 is 41.3 Å². The van der Waals surface area contributed by atoms with E-state index in [2.05, 4.69) is 130 Å². The van der Waals surface area contributed by atoms with Gasteiger partial charge >= 0.3 is 6.18 Å². The molecule has 0 spiro atoms. The van der Waals surface area contributed by atoms with E-state index in [4.69, 9.17) is 19.7 Å². The molecular weight excluding hydrogens is 1580 g/mol. The predicted octanol–water partition coefficient (Wildman–Crippen LogP) is 11.6. The zero-order valence-electron chi connectivity index (χ0n) is 67.5. The van der Waals surface area contributed by atoms with Crippen molar-refractivity contribution in [3.8, 4) is 57.5 Å². The number of aromatic nitrogens is 12. The maximum atomic E-state index is 14.1. The van der Waals surface area contributed by atoms with E-state index >= 15 is 0 Å². The molecule has 123 heavy (non-hydrogen) atoms. The van der Waals surface area contributed by atoms with Gasteiger partial charge in [-0.1, -0.05) is 12.1 Å². The Morgan fingerprint density at radius 1 is 0.480 bits per heavy atom. The third kappa shape index (κ3) is 15.2. The molecule has 33 heteroatoms. The van der Waals surface area contributed by atoms with E-state index in [1.165, 1.54) is 30.4 Å². The summed E-state index contributed by atoms with van der Waals surface area (Å²) in [6.07, 6.45) is 22.9. The number of alkyl halides is 5. The average molecular weight is 1670 g/mol. The number of pyridine rings is 9. The number of piperidine rings is 3. The second-order valence-corrected chi connectivity index (χ2v) is 34.2. The van der Waals surface area contributed by atoms with Crippen LogP contribution in [-0.2, 0) is 32.2 Å². The Bertz CT molecular complexity index is 6170. The Morgan fingerprint density at radius 2 is 0.919 bits per heavy atom. The van der Waals surface area contributed by atoms with Crippen molar-refractivity contribution in [3.05, 3.63) is 216 Å². The Hall–Kier alpha value is -12.8. The maximum absolute atomic E-state index is 14.1. The number of hydrogen-bond donors (Lipinski definition) is 2. The van der Waals surface area contributed by atoms with Crippen LogP contribution >= 0.6 is 0 Å². The first-order valence-corrected chi connectivity index (χ1v) is 41.6. The van der Waals surface area contributed by atoms with E-state index in [-0.39, 0.29) is 43.5 Å². The van der Waals surface area contributed by atoms with E-state index in [1.54, 1.807) is 56.4 Å². The lowest BCUT2D eigenvalue weighted by molar-refractivity contribution is -0.141. The Balaban J connectivity index is 0.000000117.